The minimum atomic E-state index is -0.626. The zero-order chi connectivity index (χ0) is 20.3. The van der Waals surface area contributed by atoms with Crippen molar-refractivity contribution in [3.05, 3.63) is 49.9 Å². The Morgan fingerprint density at radius 2 is 2.11 bits per heavy atom. The molecule has 0 atom stereocenters. The Kier molecular flexibility index (Phi) is 6.28. The molecule has 28 heavy (non-hydrogen) atoms. The minimum absolute atomic E-state index is 0.0798. The number of esters is 1. The topological polar surface area (TPSA) is 103 Å². The molecule has 146 valence electrons. The maximum atomic E-state index is 12.2. The van der Waals surface area contributed by atoms with E-state index >= 15 is 0 Å². The van der Waals surface area contributed by atoms with Crippen LogP contribution in [0.2, 0.25) is 10.0 Å². The highest BCUT2D eigenvalue weighted by Crippen LogP contribution is 2.25. The number of pyridine rings is 1. The summed E-state index contributed by atoms with van der Waals surface area (Å²) in [6.45, 7) is 1.26. The lowest BCUT2D eigenvalue weighted by molar-refractivity contribution is -0.147. The second-order valence-corrected chi connectivity index (χ2v) is 7.44. The van der Waals surface area contributed by atoms with Crippen LogP contribution in [0.5, 0.6) is 0 Å². The molecule has 0 aromatic carbocycles. The quantitative estimate of drug-likeness (QED) is 0.590. The van der Waals surface area contributed by atoms with Crippen LogP contribution in [0, 0.1) is 6.92 Å². The van der Waals surface area contributed by atoms with E-state index in [9.17, 15) is 14.4 Å². The number of ether oxygens (including phenoxy) is 1. The first-order chi connectivity index (χ1) is 13.3. The van der Waals surface area contributed by atoms with Crippen molar-refractivity contribution in [3.63, 3.8) is 0 Å². The van der Waals surface area contributed by atoms with Gasteiger partial charge in [0.25, 0.3) is 11.5 Å². The van der Waals surface area contributed by atoms with Crippen molar-refractivity contribution < 1.29 is 14.3 Å². The predicted molar refractivity (Wildman–Crippen MR) is 107 cm³/mol. The Labute approximate surface area is 173 Å². The monoisotopic (exact) mass is 440 g/mol. The molecule has 0 aliphatic rings. The van der Waals surface area contributed by atoms with Crippen LogP contribution < -0.4 is 10.9 Å². The Balaban J connectivity index is 1.51. The second-order valence-electron chi connectivity index (χ2n) is 5.73. The van der Waals surface area contributed by atoms with E-state index in [-0.39, 0.29) is 29.4 Å². The van der Waals surface area contributed by atoms with Gasteiger partial charge in [-0.2, -0.15) is 0 Å². The molecule has 0 aliphatic heterocycles. The van der Waals surface area contributed by atoms with Crippen LogP contribution in [0.15, 0.2) is 28.6 Å². The average molecular weight is 441 g/mol. The fraction of sp³-hybridized carbons (Fsp3) is 0.235. The van der Waals surface area contributed by atoms with Crippen molar-refractivity contribution in [2.75, 3.05) is 11.9 Å². The molecule has 3 aromatic heterocycles. The maximum Gasteiger partial charge on any atom is 0.308 e. The third kappa shape index (κ3) is 4.67. The van der Waals surface area contributed by atoms with E-state index in [1.54, 1.807) is 18.4 Å². The number of rotatable bonds is 6. The summed E-state index contributed by atoms with van der Waals surface area (Å²) >= 11 is 13.2. The lowest BCUT2D eigenvalue weighted by Crippen LogP contribution is -2.24. The number of amides is 1. The van der Waals surface area contributed by atoms with Gasteiger partial charge in [-0.15, -0.1) is 11.3 Å². The molecule has 0 unspecified atom stereocenters. The standard InChI is InChI=1S/C17H14Cl2N4O4S/c1-9-11(18)6-12(19)15(21-9)22-13(24)7-27-14(25)2-4-23-8-20-16-10(17(23)26)3-5-28-16/h3,5-6,8H,2,4,7H2,1H3,(H,21,22,24). The summed E-state index contributed by atoms with van der Waals surface area (Å²) in [5, 5.41) is 5.28. The molecule has 3 heterocycles. The molecular weight excluding hydrogens is 427 g/mol. The number of anilines is 1. The van der Waals surface area contributed by atoms with Crippen molar-refractivity contribution in [2.45, 2.75) is 19.9 Å². The summed E-state index contributed by atoms with van der Waals surface area (Å²) in [4.78, 5) is 44.9. The Morgan fingerprint density at radius 3 is 2.89 bits per heavy atom. The molecule has 1 amide bonds. The summed E-state index contributed by atoms with van der Waals surface area (Å²) in [5.41, 5.74) is 0.274. The van der Waals surface area contributed by atoms with Gasteiger partial charge in [0, 0.05) is 6.54 Å². The number of carbonyl (C=O) groups excluding carboxylic acids is 2. The van der Waals surface area contributed by atoms with Crippen LogP contribution in [-0.2, 0) is 20.9 Å². The molecule has 3 rings (SSSR count). The van der Waals surface area contributed by atoms with Crippen molar-refractivity contribution in [2.24, 2.45) is 0 Å². The number of aromatic nitrogens is 3. The van der Waals surface area contributed by atoms with Crippen LogP contribution in [0.1, 0.15) is 12.1 Å². The third-order valence-electron chi connectivity index (χ3n) is 3.73. The first kappa shape index (κ1) is 20.2. The fourth-order valence-corrected chi connectivity index (χ4v) is 3.43. The lowest BCUT2D eigenvalue weighted by atomic mass is 10.3. The van der Waals surface area contributed by atoms with Gasteiger partial charge < -0.3 is 10.1 Å². The molecule has 3 aromatic rings. The molecule has 0 bridgehead atoms. The fourth-order valence-electron chi connectivity index (χ4n) is 2.30. The van der Waals surface area contributed by atoms with Gasteiger partial charge in [0.2, 0.25) is 0 Å². The van der Waals surface area contributed by atoms with E-state index in [4.69, 9.17) is 27.9 Å². The molecule has 0 spiro atoms. The highest BCUT2D eigenvalue weighted by Gasteiger charge is 2.13. The zero-order valence-electron chi connectivity index (χ0n) is 14.6. The first-order valence-corrected chi connectivity index (χ1v) is 9.69. The molecule has 0 radical (unpaired) electrons. The Bertz CT molecular complexity index is 1110. The normalized spacial score (nSPS) is 10.8. The number of fused-ring (bicyclic) bond motifs is 1. The van der Waals surface area contributed by atoms with Gasteiger partial charge in [0.1, 0.15) is 4.83 Å². The van der Waals surface area contributed by atoms with Gasteiger partial charge in [0.15, 0.2) is 12.4 Å². The highest BCUT2D eigenvalue weighted by molar-refractivity contribution is 7.16. The van der Waals surface area contributed by atoms with Gasteiger partial charge in [-0.3, -0.25) is 19.0 Å². The van der Waals surface area contributed by atoms with Crippen LogP contribution in [0.3, 0.4) is 0 Å². The molecule has 0 saturated heterocycles. The molecule has 1 N–H and O–H groups in total. The van der Waals surface area contributed by atoms with E-state index in [2.05, 4.69) is 15.3 Å². The van der Waals surface area contributed by atoms with E-state index in [0.29, 0.717) is 20.9 Å². The van der Waals surface area contributed by atoms with Crippen molar-refractivity contribution in [1.82, 2.24) is 14.5 Å². The van der Waals surface area contributed by atoms with E-state index in [0.717, 1.165) is 0 Å². The van der Waals surface area contributed by atoms with Crippen LogP contribution in [0.25, 0.3) is 10.2 Å². The minimum Gasteiger partial charge on any atom is -0.456 e. The third-order valence-corrected chi connectivity index (χ3v) is 5.23. The van der Waals surface area contributed by atoms with Gasteiger partial charge >= 0.3 is 5.97 Å². The average Bonchev–Trinajstić information content (AvgIpc) is 3.13. The predicted octanol–water partition coefficient (Wildman–Crippen LogP) is 3.04. The summed E-state index contributed by atoms with van der Waals surface area (Å²) in [6, 6.07) is 3.15. The van der Waals surface area contributed by atoms with Gasteiger partial charge in [0.05, 0.1) is 33.9 Å². The number of nitrogens with zero attached hydrogens (tertiary/aromatic N) is 3. The SMILES string of the molecule is Cc1nc(NC(=O)COC(=O)CCn2cnc3sccc3c2=O)c(Cl)cc1Cl. The number of carbonyl (C=O) groups is 2. The van der Waals surface area contributed by atoms with E-state index in [1.165, 1.54) is 28.3 Å². The molecule has 0 saturated carbocycles. The van der Waals surface area contributed by atoms with Crippen molar-refractivity contribution in [3.8, 4) is 0 Å². The number of thiophene rings is 1. The summed E-state index contributed by atoms with van der Waals surface area (Å²) in [7, 11) is 0. The highest BCUT2D eigenvalue weighted by atomic mass is 35.5. The molecule has 8 nitrogen and oxygen atoms in total. The summed E-state index contributed by atoms with van der Waals surface area (Å²) in [5.74, 6) is -1.09. The molecule has 0 aliphatic carbocycles. The number of hydrogen-bond donors (Lipinski definition) is 1. The Morgan fingerprint density at radius 1 is 1.32 bits per heavy atom. The smallest absolute Gasteiger partial charge is 0.308 e. The molecular formula is C17H14Cl2N4O4S. The van der Waals surface area contributed by atoms with E-state index in [1.807, 2.05) is 0 Å². The summed E-state index contributed by atoms with van der Waals surface area (Å²) < 4.78 is 6.25. The number of nitrogens with one attached hydrogen (secondary N) is 1. The van der Waals surface area contributed by atoms with Crippen molar-refractivity contribution >= 4 is 62.4 Å². The number of halogens is 2. The van der Waals surface area contributed by atoms with Crippen LogP contribution in [-0.4, -0.2) is 33.0 Å². The van der Waals surface area contributed by atoms with Gasteiger partial charge in [-0.1, -0.05) is 23.2 Å². The van der Waals surface area contributed by atoms with Gasteiger partial charge in [-0.05, 0) is 24.4 Å². The summed E-state index contributed by atoms with van der Waals surface area (Å²) in [6.07, 6.45) is 1.31. The zero-order valence-corrected chi connectivity index (χ0v) is 16.9. The second kappa shape index (κ2) is 8.68. The van der Waals surface area contributed by atoms with Crippen LogP contribution in [0.4, 0.5) is 5.82 Å². The Hall–Kier alpha value is -2.49. The first-order valence-electron chi connectivity index (χ1n) is 8.06. The molecule has 0 fully saturated rings. The lowest BCUT2D eigenvalue weighted by Gasteiger charge is -2.09. The largest absolute Gasteiger partial charge is 0.456 e. The van der Waals surface area contributed by atoms with Crippen LogP contribution >= 0.6 is 34.5 Å². The van der Waals surface area contributed by atoms with Crippen molar-refractivity contribution in [1.29, 1.82) is 0 Å². The number of aryl methyl sites for hydroxylation is 2. The van der Waals surface area contributed by atoms with Gasteiger partial charge in [-0.25, -0.2) is 9.97 Å². The number of hydrogen-bond acceptors (Lipinski definition) is 7. The van der Waals surface area contributed by atoms with E-state index < -0.39 is 18.5 Å². The molecule has 11 heteroatoms. The maximum absolute atomic E-state index is 12.2.